The first-order chi connectivity index (χ1) is 17.0. The van der Waals surface area contributed by atoms with E-state index in [9.17, 15) is 9.18 Å². The van der Waals surface area contributed by atoms with Crippen molar-refractivity contribution < 1.29 is 13.9 Å². The first-order valence-corrected chi connectivity index (χ1v) is 12.4. The van der Waals surface area contributed by atoms with Gasteiger partial charge in [-0.25, -0.2) is 4.39 Å². The first-order valence-electron chi connectivity index (χ1n) is 12.4. The third-order valence-corrected chi connectivity index (χ3v) is 7.17. The predicted octanol–water partition coefficient (Wildman–Crippen LogP) is 6.86. The summed E-state index contributed by atoms with van der Waals surface area (Å²) in [6.45, 7) is 2.59. The predicted molar refractivity (Wildman–Crippen MR) is 154 cm³/mol. The summed E-state index contributed by atoms with van der Waals surface area (Å²) < 4.78 is 19.5. The Bertz CT molecular complexity index is 1230. The maximum absolute atomic E-state index is 13.7. The number of nitrogens with zero attached hydrogens (tertiary/aromatic N) is 2. The molecule has 3 aromatic carbocycles. The molecule has 2 aliphatic heterocycles. The van der Waals surface area contributed by atoms with Crippen LogP contribution in [0.1, 0.15) is 36.8 Å². The molecule has 2 heterocycles. The van der Waals surface area contributed by atoms with Crippen LogP contribution in [0.3, 0.4) is 0 Å². The molecule has 5 rings (SSSR count). The smallest absolute Gasteiger partial charge is 0.227 e. The molecule has 1 saturated heterocycles. The third-order valence-electron chi connectivity index (χ3n) is 7.17. The van der Waals surface area contributed by atoms with Crippen molar-refractivity contribution in [1.29, 1.82) is 0 Å². The van der Waals surface area contributed by atoms with E-state index in [0.29, 0.717) is 13.0 Å². The van der Waals surface area contributed by atoms with Crippen LogP contribution in [0, 0.1) is 5.82 Å². The molecule has 37 heavy (non-hydrogen) atoms. The van der Waals surface area contributed by atoms with E-state index in [4.69, 9.17) is 4.74 Å². The Hall–Kier alpha value is -2.96. The van der Waals surface area contributed by atoms with E-state index in [-0.39, 0.29) is 36.5 Å². The number of hydrogen-bond donors (Lipinski definition) is 1. The number of amides is 1. The number of fused-ring (bicyclic) bond motifs is 1. The lowest BCUT2D eigenvalue weighted by molar-refractivity contribution is -0.118. The summed E-state index contributed by atoms with van der Waals surface area (Å²) in [5, 5.41) is 3.63. The monoisotopic (exact) mass is 545 g/mol. The highest BCUT2D eigenvalue weighted by Crippen LogP contribution is 2.40. The van der Waals surface area contributed by atoms with Crippen LogP contribution >= 0.6 is 24.8 Å². The number of aryl methyl sites for hydroxylation is 1. The molecule has 0 aromatic heterocycles. The van der Waals surface area contributed by atoms with Gasteiger partial charge in [0.2, 0.25) is 5.91 Å². The Morgan fingerprint density at radius 2 is 1.68 bits per heavy atom. The molecule has 2 aliphatic rings. The van der Waals surface area contributed by atoms with E-state index in [1.54, 1.807) is 12.0 Å². The van der Waals surface area contributed by atoms with E-state index in [0.717, 1.165) is 58.9 Å². The van der Waals surface area contributed by atoms with Crippen LogP contribution in [0.4, 0.5) is 21.5 Å². The Labute approximate surface area is 230 Å². The summed E-state index contributed by atoms with van der Waals surface area (Å²) in [4.78, 5) is 16.4. The first kappa shape index (κ1) is 28.6. The summed E-state index contributed by atoms with van der Waals surface area (Å²) in [7, 11) is 3.52. The lowest BCUT2D eigenvalue weighted by atomic mass is 9.97. The molecular formula is C29H34Cl2FN3O2. The highest BCUT2D eigenvalue weighted by atomic mass is 35.5. The Morgan fingerprint density at radius 3 is 2.38 bits per heavy atom. The van der Waals surface area contributed by atoms with Gasteiger partial charge < -0.3 is 19.9 Å². The number of halogens is 3. The number of piperidine rings is 1. The standard InChI is InChI=1S/C29H32FN3O2.2ClH/c1-32-26-17-22(27(35-2)18-21(26)11-14-28(32)34)19-31-24-7-6-8-25(33-15-4-3-5-16-33)29(24)20-9-12-23(30)13-10-20;;/h6-10,12-13,17-18,31H,3-5,11,14-16,19H2,1-2H3;2*1H. The van der Waals surface area contributed by atoms with Crippen molar-refractivity contribution in [1.82, 2.24) is 0 Å². The van der Waals surface area contributed by atoms with Crippen LogP contribution in [0.2, 0.25) is 0 Å². The van der Waals surface area contributed by atoms with Crippen molar-refractivity contribution in [2.75, 3.05) is 42.4 Å². The molecule has 0 spiro atoms. The molecule has 0 atom stereocenters. The number of carbonyl (C=O) groups excluding carboxylic acids is 1. The molecule has 0 unspecified atom stereocenters. The second kappa shape index (κ2) is 12.5. The van der Waals surface area contributed by atoms with Crippen LogP contribution in [-0.4, -0.2) is 33.2 Å². The molecule has 1 fully saturated rings. The summed E-state index contributed by atoms with van der Waals surface area (Å²) >= 11 is 0. The normalized spacial score (nSPS) is 14.8. The fourth-order valence-corrected chi connectivity index (χ4v) is 5.23. The summed E-state index contributed by atoms with van der Waals surface area (Å²) in [5.74, 6) is 0.708. The van der Waals surface area contributed by atoms with Crippen molar-refractivity contribution in [2.24, 2.45) is 0 Å². The fraction of sp³-hybridized carbons (Fsp3) is 0.345. The van der Waals surface area contributed by atoms with Crippen molar-refractivity contribution in [3.05, 3.63) is 71.5 Å². The van der Waals surface area contributed by atoms with Gasteiger partial charge in [0.15, 0.2) is 0 Å². The number of nitrogens with one attached hydrogen (secondary N) is 1. The van der Waals surface area contributed by atoms with Gasteiger partial charge in [0, 0.05) is 61.3 Å². The minimum absolute atomic E-state index is 0. The SMILES string of the molecule is COc1cc2c(cc1CNc1cccc(N3CCCCC3)c1-c1ccc(F)cc1)N(C)C(=O)CC2.Cl.Cl. The Kier molecular flexibility index (Phi) is 9.68. The highest BCUT2D eigenvalue weighted by Gasteiger charge is 2.23. The summed E-state index contributed by atoms with van der Waals surface area (Å²) in [6, 6.07) is 17.2. The maximum atomic E-state index is 13.7. The molecule has 3 aromatic rings. The molecule has 0 saturated carbocycles. The molecule has 1 amide bonds. The molecule has 5 nitrogen and oxygen atoms in total. The summed E-state index contributed by atoms with van der Waals surface area (Å²) in [6.07, 6.45) is 4.87. The number of carbonyl (C=O) groups is 1. The highest BCUT2D eigenvalue weighted by molar-refractivity contribution is 5.96. The van der Waals surface area contributed by atoms with Gasteiger partial charge in [-0.05, 0) is 73.2 Å². The van der Waals surface area contributed by atoms with Crippen LogP contribution in [0.25, 0.3) is 11.1 Å². The molecule has 0 radical (unpaired) electrons. The van der Waals surface area contributed by atoms with Gasteiger partial charge in [-0.15, -0.1) is 24.8 Å². The number of hydrogen-bond acceptors (Lipinski definition) is 4. The number of methoxy groups -OCH3 is 1. The molecule has 0 bridgehead atoms. The van der Waals surface area contributed by atoms with Crippen LogP contribution < -0.4 is 19.9 Å². The van der Waals surface area contributed by atoms with Gasteiger partial charge in [-0.2, -0.15) is 0 Å². The molecule has 1 N–H and O–H groups in total. The molecule has 0 aliphatic carbocycles. The second-order valence-corrected chi connectivity index (χ2v) is 9.35. The second-order valence-electron chi connectivity index (χ2n) is 9.35. The van der Waals surface area contributed by atoms with Gasteiger partial charge >= 0.3 is 0 Å². The van der Waals surface area contributed by atoms with Crippen LogP contribution in [-0.2, 0) is 17.8 Å². The maximum Gasteiger partial charge on any atom is 0.227 e. The topological polar surface area (TPSA) is 44.8 Å². The number of rotatable bonds is 6. The molecule has 198 valence electrons. The Morgan fingerprint density at radius 1 is 0.946 bits per heavy atom. The van der Waals surface area contributed by atoms with Crippen LogP contribution in [0.5, 0.6) is 5.75 Å². The van der Waals surface area contributed by atoms with E-state index < -0.39 is 0 Å². The van der Waals surface area contributed by atoms with Crippen molar-refractivity contribution >= 4 is 47.8 Å². The summed E-state index contributed by atoms with van der Waals surface area (Å²) in [5.41, 5.74) is 7.29. The molecular weight excluding hydrogens is 512 g/mol. The third kappa shape index (κ3) is 5.97. The number of anilines is 3. The quantitative estimate of drug-likeness (QED) is 0.367. The van der Waals surface area contributed by atoms with E-state index in [2.05, 4.69) is 40.5 Å². The number of benzene rings is 3. The van der Waals surface area contributed by atoms with E-state index in [1.165, 1.54) is 37.1 Å². The van der Waals surface area contributed by atoms with Gasteiger partial charge in [0.1, 0.15) is 11.6 Å². The number of ether oxygens (including phenoxy) is 1. The van der Waals surface area contributed by atoms with E-state index >= 15 is 0 Å². The van der Waals surface area contributed by atoms with Crippen molar-refractivity contribution in [2.45, 2.75) is 38.6 Å². The zero-order valence-electron chi connectivity index (χ0n) is 21.3. The van der Waals surface area contributed by atoms with Gasteiger partial charge in [-0.1, -0.05) is 18.2 Å². The minimum atomic E-state index is -0.240. The Balaban J connectivity index is 0.00000190. The average molecular weight is 547 g/mol. The largest absolute Gasteiger partial charge is 0.496 e. The van der Waals surface area contributed by atoms with Crippen LogP contribution in [0.15, 0.2) is 54.6 Å². The van der Waals surface area contributed by atoms with E-state index in [1.807, 2.05) is 19.2 Å². The lowest BCUT2D eigenvalue weighted by Crippen LogP contribution is -2.31. The average Bonchev–Trinajstić information content (AvgIpc) is 2.90. The zero-order chi connectivity index (χ0) is 24.4. The van der Waals surface area contributed by atoms with Crippen molar-refractivity contribution in [3.8, 4) is 16.9 Å². The van der Waals surface area contributed by atoms with Crippen molar-refractivity contribution in [3.63, 3.8) is 0 Å². The van der Waals surface area contributed by atoms with Gasteiger partial charge in [0.05, 0.1) is 7.11 Å². The van der Waals surface area contributed by atoms with Gasteiger partial charge in [0.25, 0.3) is 0 Å². The lowest BCUT2D eigenvalue weighted by Gasteiger charge is -2.32. The minimum Gasteiger partial charge on any atom is -0.496 e. The zero-order valence-corrected chi connectivity index (χ0v) is 22.9. The van der Waals surface area contributed by atoms with Gasteiger partial charge in [-0.3, -0.25) is 4.79 Å². The molecule has 8 heteroatoms. The fourth-order valence-electron chi connectivity index (χ4n) is 5.23.